The second-order valence-electron chi connectivity index (χ2n) is 4.08. The SMILES string of the molecule is CC(C)[C@@H](N)C(=O)NCc1ccccc1Cl. The molecule has 0 aliphatic rings. The van der Waals surface area contributed by atoms with Crippen LogP contribution in [0.4, 0.5) is 0 Å². The fourth-order valence-electron chi connectivity index (χ4n) is 1.24. The summed E-state index contributed by atoms with van der Waals surface area (Å²) in [6, 6.07) is 6.94. The maximum atomic E-state index is 11.6. The van der Waals surface area contributed by atoms with Crippen LogP contribution in [0.3, 0.4) is 0 Å². The molecule has 0 spiro atoms. The van der Waals surface area contributed by atoms with Crippen molar-refractivity contribution in [1.82, 2.24) is 5.32 Å². The number of carbonyl (C=O) groups excluding carboxylic acids is 1. The number of amides is 1. The van der Waals surface area contributed by atoms with E-state index in [0.29, 0.717) is 11.6 Å². The van der Waals surface area contributed by atoms with Gasteiger partial charge in [0, 0.05) is 11.6 Å². The Morgan fingerprint density at radius 3 is 2.62 bits per heavy atom. The average molecular weight is 241 g/mol. The molecule has 0 saturated heterocycles. The Bertz CT molecular complexity index is 366. The van der Waals surface area contributed by atoms with Gasteiger partial charge in [0.15, 0.2) is 0 Å². The lowest BCUT2D eigenvalue weighted by Crippen LogP contribution is -2.43. The molecule has 1 rings (SSSR count). The summed E-state index contributed by atoms with van der Waals surface area (Å²) in [7, 11) is 0. The summed E-state index contributed by atoms with van der Waals surface area (Å²) in [4.78, 5) is 11.6. The number of benzene rings is 1. The molecule has 0 aromatic heterocycles. The van der Waals surface area contributed by atoms with Crippen LogP contribution in [0.1, 0.15) is 19.4 Å². The van der Waals surface area contributed by atoms with Gasteiger partial charge in [0.05, 0.1) is 6.04 Å². The molecule has 3 N–H and O–H groups in total. The first-order valence-corrected chi connectivity index (χ1v) is 5.67. The maximum Gasteiger partial charge on any atom is 0.237 e. The van der Waals surface area contributed by atoms with Gasteiger partial charge >= 0.3 is 0 Å². The monoisotopic (exact) mass is 240 g/mol. The zero-order chi connectivity index (χ0) is 12.1. The molecule has 1 aromatic rings. The van der Waals surface area contributed by atoms with Gasteiger partial charge in [0.1, 0.15) is 0 Å². The van der Waals surface area contributed by atoms with Crippen LogP contribution in [0.5, 0.6) is 0 Å². The number of hydrogen-bond donors (Lipinski definition) is 2. The van der Waals surface area contributed by atoms with Gasteiger partial charge in [0.25, 0.3) is 0 Å². The van der Waals surface area contributed by atoms with Crippen LogP contribution >= 0.6 is 11.6 Å². The third-order valence-corrected chi connectivity index (χ3v) is 2.80. The Morgan fingerprint density at radius 1 is 1.44 bits per heavy atom. The molecule has 0 fully saturated rings. The van der Waals surface area contributed by atoms with E-state index in [9.17, 15) is 4.79 Å². The minimum atomic E-state index is -0.470. The van der Waals surface area contributed by atoms with E-state index >= 15 is 0 Å². The van der Waals surface area contributed by atoms with Crippen molar-refractivity contribution >= 4 is 17.5 Å². The van der Waals surface area contributed by atoms with Gasteiger partial charge in [-0.3, -0.25) is 4.79 Å². The lowest BCUT2D eigenvalue weighted by atomic mass is 10.0. The van der Waals surface area contributed by atoms with Crippen molar-refractivity contribution in [2.45, 2.75) is 26.4 Å². The highest BCUT2D eigenvalue weighted by Crippen LogP contribution is 2.14. The van der Waals surface area contributed by atoms with E-state index in [1.54, 1.807) is 6.07 Å². The molecule has 0 unspecified atom stereocenters. The predicted octanol–water partition coefficient (Wildman–Crippen LogP) is 1.94. The summed E-state index contributed by atoms with van der Waals surface area (Å²) in [6.45, 7) is 4.25. The Balaban J connectivity index is 2.52. The van der Waals surface area contributed by atoms with Crippen molar-refractivity contribution in [3.63, 3.8) is 0 Å². The smallest absolute Gasteiger partial charge is 0.237 e. The largest absolute Gasteiger partial charge is 0.351 e. The molecule has 0 bridgehead atoms. The third kappa shape index (κ3) is 3.51. The standard InChI is InChI=1S/C12H17ClN2O/c1-8(2)11(14)12(16)15-7-9-5-3-4-6-10(9)13/h3-6,8,11H,7,14H2,1-2H3,(H,15,16)/t11-/m1/s1. The van der Waals surface area contributed by atoms with Gasteiger partial charge < -0.3 is 11.1 Å². The van der Waals surface area contributed by atoms with Crippen LogP contribution in [0.15, 0.2) is 24.3 Å². The highest BCUT2D eigenvalue weighted by atomic mass is 35.5. The van der Waals surface area contributed by atoms with Crippen LogP contribution in [0.2, 0.25) is 5.02 Å². The fraction of sp³-hybridized carbons (Fsp3) is 0.417. The van der Waals surface area contributed by atoms with Crippen molar-refractivity contribution in [3.8, 4) is 0 Å². The molecule has 0 radical (unpaired) electrons. The molecule has 0 heterocycles. The van der Waals surface area contributed by atoms with Gasteiger partial charge in [0.2, 0.25) is 5.91 Å². The van der Waals surface area contributed by atoms with Gasteiger partial charge in [-0.1, -0.05) is 43.6 Å². The average Bonchev–Trinajstić information content (AvgIpc) is 2.26. The highest BCUT2D eigenvalue weighted by molar-refractivity contribution is 6.31. The van der Waals surface area contributed by atoms with Crippen molar-refractivity contribution in [3.05, 3.63) is 34.9 Å². The number of carbonyl (C=O) groups is 1. The molecule has 1 aromatic carbocycles. The number of hydrogen-bond acceptors (Lipinski definition) is 2. The summed E-state index contributed by atoms with van der Waals surface area (Å²) in [5.74, 6) is -0.0128. The van der Waals surface area contributed by atoms with E-state index in [2.05, 4.69) is 5.32 Å². The fourth-order valence-corrected chi connectivity index (χ4v) is 1.45. The lowest BCUT2D eigenvalue weighted by Gasteiger charge is -2.15. The number of halogens is 1. The second-order valence-corrected chi connectivity index (χ2v) is 4.49. The van der Waals surface area contributed by atoms with Gasteiger partial charge in [-0.25, -0.2) is 0 Å². The summed E-state index contributed by atoms with van der Waals surface area (Å²) in [5, 5.41) is 3.43. The van der Waals surface area contributed by atoms with E-state index in [1.165, 1.54) is 0 Å². The summed E-state index contributed by atoms with van der Waals surface area (Å²) in [6.07, 6.45) is 0. The highest BCUT2D eigenvalue weighted by Gasteiger charge is 2.16. The van der Waals surface area contributed by atoms with Gasteiger partial charge in [-0.05, 0) is 17.5 Å². The number of nitrogens with one attached hydrogen (secondary N) is 1. The molecule has 0 aliphatic carbocycles. The molecule has 16 heavy (non-hydrogen) atoms. The molecule has 88 valence electrons. The Hall–Kier alpha value is -1.06. The number of rotatable bonds is 4. The van der Waals surface area contributed by atoms with Crippen molar-refractivity contribution in [2.75, 3.05) is 0 Å². The minimum Gasteiger partial charge on any atom is -0.351 e. The van der Waals surface area contributed by atoms with E-state index < -0.39 is 6.04 Å². The Labute approximate surface area is 101 Å². The molecule has 4 heteroatoms. The second kappa shape index (κ2) is 5.87. The minimum absolute atomic E-state index is 0.131. The molecule has 1 atom stereocenters. The van der Waals surface area contributed by atoms with Crippen molar-refractivity contribution in [1.29, 1.82) is 0 Å². The molecule has 3 nitrogen and oxygen atoms in total. The van der Waals surface area contributed by atoms with Gasteiger partial charge in [-0.15, -0.1) is 0 Å². The first-order chi connectivity index (χ1) is 7.52. The molecule has 1 amide bonds. The number of nitrogens with two attached hydrogens (primary N) is 1. The van der Waals surface area contributed by atoms with E-state index in [4.69, 9.17) is 17.3 Å². The predicted molar refractivity (Wildman–Crippen MR) is 66.1 cm³/mol. The summed E-state index contributed by atoms with van der Waals surface area (Å²) >= 11 is 5.97. The normalized spacial score (nSPS) is 12.6. The Kier molecular flexibility index (Phi) is 4.77. The summed E-state index contributed by atoms with van der Waals surface area (Å²) < 4.78 is 0. The van der Waals surface area contributed by atoms with Crippen molar-refractivity contribution < 1.29 is 4.79 Å². The van der Waals surface area contributed by atoms with E-state index in [1.807, 2.05) is 32.0 Å². The molecular formula is C12H17ClN2O. The zero-order valence-electron chi connectivity index (χ0n) is 9.53. The first-order valence-electron chi connectivity index (χ1n) is 5.29. The van der Waals surface area contributed by atoms with Crippen LogP contribution in [0.25, 0.3) is 0 Å². The molecular weight excluding hydrogens is 224 g/mol. The summed E-state index contributed by atoms with van der Waals surface area (Å²) in [5.41, 5.74) is 6.61. The van der Waals surface area contributed by atoms with Crippen molar-refractivity contribution in [2.24, 2.45) is 11.7 Å². The van der Waals surface area contributed by atoms with Crippen LogP contribution in [-0.2, 0) is 11.3 Å². The van der Waals surface area contributed by atoms with E-state index in [0.717, 1.165) is 5.56 Å². The Morgan fingerprint density at radius 2 is 2.06 bits per heavy atom. The third-order valence-electron chi connectivity index (χ3n) is 2.43. The molecule has 0 aliphatic heterocycles. The molecule has 0 saturated carbocycles. The topological polar surface area (TPSA) is 55.1 Å². The lowest BCUT2D eigenvalue weighted by molar-refractivity contribution is -0.123. The van der Waals surface area contributed by atoms with Crippen LogP contribution in [0, 0.1) is 5.92 Å². The van der Waals surface area contributed by atoms with E-state index in [-0.39, 0.29) is 11.8 Å². The van der Waals surface area contributed by atoms with Gasteiger partial charge in [-0.2, -0.15) is 0 Å². The maximum absolute atomic E-state index is 11.6. The van der Waals surface area contributed by atoms with Crippen LogP contribution < -0.4 is 11.1 Å². The first kappa shape index (κ1) is 13.0. The van der Waals surface area contributed by atoms with Crippen LogP contribution in [-0.4, -0.2) is 11.9 Å². The zero-order valence-corrected chi connectivity index (χ0v) is 10.3. The quantitative estimate of drug-likeness (QED) is 0.845.